The Morgan fingerprint density at radius 1 is 0.944 bits per heavy atom. The van der Waals surface area contributed by atoms with Gasteiger partial charge in [-0.05, 0) is 70.3 Å². The van der Waals surface area contributed by atoms with Gasteiger partial charge in [0, 0.05) is 6.04 Å². The topological polar surface area (TPSA) is 84.0 Å². The average molecular weight is 481 g/mol. The summed E-state index contributed by atoms with van der Waals surface area (Å²) >= 11 is 0. The van der Waals surface area contributed by atoms with Crippen LogP contribution in [0.2, 0.25) is 0 Å². The van der Waals surface area contributed by atoms with E-state index in [0.29, 0.717) is 13.0 Å². The monoisotopic (exact) mass is 480 g/mol. The first-order chi connectivity index (χ1) is 17.7. The van der Waals surface area contributed by atoms with Crippen LogP contribution in [0.15, 0.2) is 96.1 Å². The first-order valence-electron chi connectivity index (χ1n) is 11.9. The Balaban J connectivity index is 1.12. The molecule has 0 aromatic heterocycles. The maximum Gasteiger partial charge on any atom is 0.258 e. The summed E-state index contributed by atoms with van der Waals surface area (Å²) in [5.41, 5.74) is 12.0. The van der Waals surface area contributed by atoms with E-state index < -0.39 is 0 Å². The van der Waals surface area contributed by atoms with Crippen LogP contribution in [0.4, 0.5) is 0 Å². The van der Waals surface area contributed by atoms with Crippen molar-refractivity contribution >= 4 is 22.9 Å². The molecule has 1 amide bonds. The smallest absolute Gasteiger partial charge is 0.258 e. The number of amides is 1. The number of nitrogens with one attached hydrogen (secondary N) is 3. The van der Waals surface area contributed by atoms with Gasteiger partial charge in [0.05, 0.1) is 13.3 Å². The third kappa shape index (κ3) is 5.54. The molecule has 1 saturated heterocycles. The second kappa shape index (κ2) is 11.0. The summed E-state index contributed by atoms with van der Waals surface area (Å²) in [7, 11) is 1.62. The Hall–Kier alpha value is -4.20. The van der Waals surface area contributed by atoms with Crippen LogP contribution in [0.25, 0.3) is 10.8 Å². The lowest BCUT2D eigenvalue weighted by Crippen LogP contribution is -2.41. The summed E-state index contributed by atoms with van der Waals surface area (Å²) < 4.78 is 11.2. The Morgan fingerprint density at radius 2 is 1.69 bits per heavy atom. The molecule has 0 saturated carbocycles. The number of hydrazine groups is 1. The molecular formula is C29H28N4O3. The Labute approximate surface area is 210 Å². The molecule has 1 heterocycles. The van der Waals surface area contributed by atoms with E-state index in [4.69, 9.17) is 9.47 Å². The number of hydrogen-bond acceptors (Lipinski definition) is 6. The van der Waals surface area contributed by atoms with E-state index in [1.54, 1.807) is 13.3 Å². The molecule has 0 aliphatic carbocycles. The van der Waals surface area contributed by atoms with Gasteiger partial charge in [-0.2, -0.15) is 5.10 Å². The van der Waals surface area contributed by atoms with Gasteiger partial charge in [-0.3, -0.25) is 4.79 Å². The standard InChI is InChI=1S/C29H28N4O3/c1-35-24-13-9-20(10-14-24)18-30-33-29(34)28-17-27(31-32-28)22-11-15-25(16-12-22)36-19-23-7-4-6-21-5-2-3-8-26(21)23/h2-16,18,27-28,31-32H,17,19H2,1H3,(H,33,34)/b30-18-. The molecule has 1 fully saturated rings. The number of methoxy groups -OCH3 is 1. The van der Waals surface area contributed by atoms with E-state index in [1.165, 1.54) is 10.8 Å². The Kier molecular flexibility index (Phi) is 7.21. The lowest BCUT2D eigenvalue weighted by molar-refractivity contribution is -0.122. The van der Waals surface area contributed by atoms with Gasteiger partial charge in [0.1, 0.15) is 24.1 Å². The highest BCUT2D eigenvalue weighted by molar-refractivity contribution is 5.86. The maximum absolute atomic E-state index is 12.5. The number of benzene rings is 4. The Morgan fingerprint density at radius 3 is 2.50 bits per heavy atom. The van der Waals surface area contributed by atoms with Crippen molar-refractivity contribution in [3.8, 4) is 11.5 Å². The molecule has 4 aromatic rings. The molecule has 7 heteroatoms. The van der Waals surface area contributed by atoms with E-state index >= 15 is 0 Å². The molecule has 1 aliphatic heterocycles. The molecule has 5 rings (SSSR count). The lowest BCUT2D eigenvalue weighted by Gasteiger charge is -2.12. The summed E-state index contributed by atoms with van der Waals surface area (Å²) in [6, 6.07) is 29.6. The number of hydrogen-bond donors (Lipinski definition) is 3. The highest BCUT2D eigenvalue weighted by Crippen LogP contribution is 2.25. The SMILES string of the molecule is COc1ccc(/C=N\NC(=O)C2CC(c3ccc(OCc4cccc5ccccc45)cc3)NN2)cc1. The van der Waals surface area contributed by atoms with Gasteiger partial charge in [-0.25, -0.2) is 16.3 Å². The fourth-order valence-corrected chi connectivity index (χ4v) is 4.26. The van der Waals surface area contributed by atoms with Gasteiger partial charge in [0.25, 0.3) is 5.91 Å². The number of fused-ring (bicyclic) bond motifs is 1. The van der Waals surface area contributed by atoms with Crippen molar-refractivity contribution in [1.29, 1.82) is 0 Å². The molecule has 0 spiro atoms. The number of carbonyl (C=O) groups excluding carboxylic acids is 1. The molecule has 36 heavy (non-hydrogen) atoms. The van der Waals surface area contributed by atoms with E-state index in [1.807, 2.05) is 60.7 Å². The minimum atomic E-state index is -0.384. The molecule has 0 bridgehead atoms. The molecule has 7 nitrogen and oxygen atoms in total. The van der Waals surface area contributed by atoms with Crippen LogP contribution in [0.3, 0.4) is 0 Å². The molecule has 182 valence electrons. The van der Waals surface area contributed by atoms with E-state index in [2.05, 4.69) is 51.7 Å². The van der Waals surface area contributed by atoms with Crippen molar-refractivity contribution in [3.63, 3.8) is 0 Å². The molecular weight excluding hydrogens is 452 g/mol. The van der Waals surface area contributed by atoms with Crippen molar-refractivity contribution < 1.29 is 14.3 Å². The van der Waals surface area contributed by atoms with Crippen molar-refractivity contribution in [2.45, 2.75) is 25.1 Å². The fraction of sp³-hybridized carbons (Fsp3) is 0.172. The first-order valence-corrected chi connectivity index (χ1v) is 11.9. The predicted octanol–water partition coefficient (Wildman–Crippen LogP) is 4.49. The van der Waals surface area contributed by atoms with Gasteiger partial charge in [-0.15, -0.1) is 0 Å². The second-order valence-electron chi connectivity index (χ2n) is 8.63. The predicted molar refractivity (Wildman–Crippen MR) is 141 cm³/mol. The largest absolute Gasteiger partial charge is 0.497 e. The molecule has 2 unspecified atom stereocenters. The quantitative estimate of drug-likeness (QED) is 0.256. The van der Waals surface area contributed by atoms with Crippen LogP contribution in [-0.2, 0) is 11.4 Å². The molecule has 4 aromatic carbocycles. The van der Waals surface area contributed by atoms with E-state index in [0.717, 1.165) is 28.2 Å². The van der Waals surface area contributed by atoms with Crippen molar-refractivity contribution in [1.82, 2.24) is 16.3 Å². The van der Waals surface area contributed by atoms with Crippen LogP contribution in [-0.4, -0.2) is 25.3 Å². The fourth-order valence-electron chi connectivity index (χ4n) is 4.26. The van der Waals surface area contributed by atoms with Gasteiger partial charge in [-0.1, -0.05) is 54.6 Å². The summed E-state index contributed by atoms with van der Waals surface area (Å²) in [4.78, 5) is 12.5. The van der Waals surface area contributed by atoms with Crippen LogP contribution in [0.5, 0.6) is 11.5 Å². The Bertz CT molecular complexity index is 1350. The van der Waals surface area contributed by atoms with Gasteiger partial charge in [0.2, 0.25) is 0 Å². The highest BCUT2D eigenvalue weighted by Gasteiger charge is 2.30. The summed E-state index contributed by atoms with van der Waals surface area (Å²) in [6.07, 6.45) is 2.22. The van der Waals surface area contributed by atoms with Crippen LogP contribution >= 0.6 is 0 Å². The molecule has 1 aliphatic rings. The normalized spacial score (nSPS) is 17.4. The van der Waals surface area contributed by atoms with Crippen molar-refractivity contribution in [3.05, 3.63) is 108 Å². The summed E-state index contributed by atoms with van der Waals surface area (Å²) in [6.45, 7) is 0.503. The summed E-state index contributed by atoms with van der Waals surface area (Å²) in [5, 5.41) is 6.48. The molecule has 0 radical (unpaired) electrons. The zero-order chi connectivity index (χ0) is 24.7. The van der Waals surface area contributed by atoms with Gasteiger partial charge < -0.3 is 9.47 Å². The van der Waals surface area contributed by atoms with Crippen LogP contribution in [0, 0.1) is 0 Å². The maximum atomic E-state index is 12.5. The van der Waals surface area contributed by atoms with Crippen molar-refractivity contribution in [2.24, 2.45) is 5.10 Å². The number of rotatable bonds is 8. The number of carbonyl (C=O) groups is 1. The molecule has 2 atom stereocenters. The zero-order valence-corrected chi connectivity index (χ0v) is 20.0. The minimum Gasteiger partial charge on any atom is -0.497 e. The van der Waals surface area contributed by atoms with E-state index in [-0.39, 0.29) is 18.0 Å². The minimum absolute atomic E-state index is 0.0124. The highest BCUT2D eigenvalue weighted by atomic mass is 16.5. The molecule has 3 N–H and O–H groups in total. The third-order valence-electron chi connectivity index (χ3n) is 6.28. The van der Waals surface area contributed by atoms with Gasteiger partial charge >= 0.3 is 0 Å². The number of nitrogens with zero attached hydrogens (tertiary/aromatic N) is 1. The average Bonchev–Trinajstić information content (AvgIpc) is 3.43. The van der Waals surface area contributed by atoms with Gasteiger partial charge in [0.15, 0.2) is 0 Å². The van der Waals surface area contributed by atoms with Crippen LogP contribution in [0.1, 0.15) is 29.2 Å². The second-order valence-corrected chi connectivity index (χ2v) is 8.63. The summed E-state index contributed by atoms with van der Waals surface area (Å²) in [5.74, 6) is 1.39. The third-order valence-corrected chi connectivity index (χ3v) is 6.28. The van der Waals surface area contributed by atoms with E-state index in [9.17, 15) is 4.79 Å². The van der Waals surface area contributed by atoms with Crippen LogP contribution < -0.4 is 25.8 Å². The zero-order valence-electron chi connectivity index (χ0n) is 20.0. The van der Waals surface area contributed by atoms with Crippen molar-refractivity contribution in [2.75, 3.05) is 7.11 Å². The number of hydrazone groups is 1. The first kappa shape index (κ1) is 23.5. The lowest BCUT2D eigenvalue weighted by atomic mass is 10.0. The number of ether oxygens (including phenoxy) is 2.